The highest BCUT2D eigenvalue weighted by Gasteiger charge is 2.20. The van der Waals surface area contributed by atoms with E-state index < -0.39 is 0 Å². The molecular weight excluding hydrogens is 198 g/mol. The first-order valence-corrected chi connectivity index (χ1v) is 6.26. The van der Waals surface area contributed by atoms with Crippen molar-refractivity contribution in [3.8, 4) is 0 Å². The monoisotopic (exact) mass is 219 g/mol. The lowest BCUT2D eigenvalue weighted by molar-refractivity contribution is 0.278. The van der Waals surface area contributed by atoms with Crippen molar-refractivity contribution >= 4 is 0 Å². The van der Waals surface area contributed by atoms with E-state index in [-0.39, 0.29) is 0 Å². The van der Waals surface area contributed by atoms with E-state index >= 15 is 0 Å². The number of nitrogens with one attached hydrogen (secondary N) is 1. The maximum absolute atomic E-state index is 4.36. The Morgan fingerprint density at radius 3 is 2.75 bits per heavy atom. The lowest BCUT2D eigenvalue weighted by Crippen LogP contribution is -2.36. The molecule has 3 nitrogen and oxygen atoms in total. The van der Waals surface area contributed by atoms with Gasteiger partial charge in [0, 0.05) is 25.0 Å². The largest absolute Gasteiger partial charge is 0.308 e. The van der Waals surface area contributed by atoms with Crippen molar-refractivity contribution in [3.05, 3.63) is 23.8 Å². The zero-order chi connectivity index (χ0) is 11.4. The zero-order valence-electron chi connectivity index (χ0n) is 10.2. The highest BCUT2D eigenvalue weighted by molar-refractivity contribution is 5.00. The summed E-state index contributed by atoms with van der Waals surface area (Å²) in [4.78, 5) is 8.62. The number of hydrogen-bond acceptors (Lipinski definition) is 3. The van der Waals surface area contributed by atoms with Gasteiger partial charge in [0.2, 0.25) is 0 Å². The molecule has 0 saturated heterocycles. The van der Waals surface area contributed by atoms with Gasteiger partial charge in [0.25, 0.3) is 0 Å². The predicted octanol–water partition coefficient (Wildman–Crippen LogP) is 2.45. The number of aromatic nitrogens is 2. The molecular formula is C13H21N3. The van der Waals surface area contributed by atoms with Gasteiger partial charge in [-0.3, -0.25) is 9.97 Å². The Morgan fingerprint density at radius 2 is 2.06 bits per heavy atom. The summed E-state index contributed by atoms with van der Waals surface area (Å²) in [7, 11) is 0. The summed E-state index contributed by atoms with van der Waals surface area (Å²) in [5.41, 5.74) is 2.03. The molecule has 0 radical (unpaired) electrons. The van der Waals surface area contributed by atoms with Crippen molar-refractivity contribution in [2.45, 2.75) is 52.1 Å². The van der Waals surface area contributed by atoms with Gasteiger partial charge in [0.15, 0.2) is 0 Å². The summed E-state index contributed by atoms with van der Waals surface area (Å²) < 4.78 is 0. The molecule has 2 rings (SSSR count). The van der Waals surface area contributed by atoms with Gasteiger partial charge in [-0.2, -0.15) is 0 Å². The van der Waals surface area contributed by atoms with Crippen LogP contribution in [0.3, 0.4) is 0 Å². The average Bonchev–Trinajstić information content (AvgIpc) is 2.30. The van der Waals surface area contributed by atoms with Gasteiger partial charge in [-0.1, -0.05) is 19.8 Å². The van der Waals surface area contributed by atoms with Gasteiger partial charge in [-0.05, 0) is 25.7 Å². The van der Waals surface area contributed by atoms with Gasteiger partial charge >= 0.3 is 0 Å². The molecule has 3 heteroatoms. The third-order valence-electron chi connectivity index (χ3n) is 3.49. The highest BCUT2D eigenvalue weighted by atomic mass is 14.9. The summed E-state index contributed by atoms with van der Waals surface area (Å²) in [6.45, 7) is 5.16. The predicted molar refractivity (Wildman–Crippen MR) is 65.0 cm³/mol. The van der Waals surface area contributed by atoms with Crippen LogP contribution in [0.5, 0.6) is 0 Å². The summed E-state index contributed by atoms with van der Waals surface area (Å²) in [5, 5.41) is 3.60. The van der Waals surface area contributed by atoms with Crippen molar-refractivity contribution < 1.29 is 0 Å². The molecule has 16 heavy (non-hydrogen) atoms. The topological polar surface area (TPSA) is 37.8 Å². The Balaban J connectivity index is 1.84. The first kappa shape index (κ1) is 11.5. The number of nitrogens with zero attached hydrogens (tertiary/aromatic N) is 2. The summed E-state index contributed by atoms with van der Waals surface area (Å²) in [5.74, 6) is 0.798. The molecule has 1 aliphatic carbocycles. The van der Waals surface area contributed by atoms with Crippen LogP contribution in [0.15, 0.2) is 12.4 Å². The molecule has 1 N–H and O–H groups in total. The fraction of sp³-hybridized carbons (Fsp3) is 0.692. The molecule has 88 valence electrons. The third-order valence-corrected chi connectivity index (χ3v) is 3.49. The van der Waals surface area contributed by atoms with E-state index in [2.05, 4.69) is 22.2 Å². The van der Waals surface area contributed by atoms with Crippen LogP contribution in [0.1, 0.15) is 44.0 Å². The Bertz CT molecular complexity index is 320. The molecule has 1 saturated carbocycles. The highest BCUT2D eigenvalue weighted by Crippen LogP contribution is 2.23. The fourth-order valence-corrected chi connectivity index (χ4v) is 2.37. The van der Waals surface area contributed by atoms with Gasteiger partial charge in [-0.15, -0.1) is 0 Å². The van der Waals surface area contributed by atoms with E-state index in [1.54, 1.807) is 0 Å². The van der Waals surface area contributed by atoms with Crippen molar-refractivity contribution in [2.75, 3.05) is 0 Å². The molecule has 1 aromatic rings. The maximum Gasteiger partial charge on any atom is 0.0724 e. The van der Waals surface area contributed by atoms with Gasteiger partial charge in [0.1, 0.15) is 0 Å². The molecule has 0 aromatic carbocycles. The second kappa shape index (κ2) is 5.39. The summed E-state index contributed by atoms with van der Waals surface area (Å²) >= 11 is 0. The Labute approximate surface area is 97.7 Å². The molecule has 1 fully saturated rings. The van der Waals surface area contributed by atoms with Crippen molar-refractivity contribution in [3.63, 3.8) is 0 Å². The smallest absolute Gasteiger partial charge is 0.0724 e. The molecule has 0 aliphatic heterocycles. The van der Waals surface area contributed by atoms with E-state index in [0.29, 0.717) is 6.04 Å². The summed E-state index contributed by atoms with van der Waals surface area (Å²) in [6, 6.07) is 0.664. The van der Waals surface area contributed by atoms with Crippen molar-refractivity contribution in [1.82, 2.24) is 15.3 Å². The molecule has 0 amide bonds. The van der Waals surface area contributed by atoms with Crippen LogP contribution < -0.4 is 5.32 Å². The molecule has 1 aromatic heterocycles. The summed E-state index contributed by atoms with van der Waals surface area (Å²) in [6.07, 6.45) is 9.13. The van der Waals surface area contributed by atoms with Crippen LogP contribution in [-0.2, 0) is 6.54 Å². The standard InChI is InChI=1S/C13H21N3/c1-10-5-3-4-6-13(10)16-9-12-8-14-11(2)7-15-12/h7-8,10,13,16H,3-6,9H2,1-2H3. The fourth-order valence-electron chi connectivity index (χ4n) is 2.37. The van der Waals surface area contributed by atoms with E-state index in [4.69, 9.17) is 0 Å². The lowest BCUT2D eigenvalue weighted by Gasteiger charge is -2.29. The Hall–Kier alpha value is -0.960. The van der Waals surface area contributed by atoms with Gasteiger partial charge in [-0.25, -0.2) is 0 Å². The van der Waals surface area contributed by atoms with Crippen LogP contribution in [0, 0.1) is 12.8 Å². The average molecular weight is 219 g/mol. The van der Waals surface area contributed by atoms with Crippen LogP contribution in [-0.4, -0.2) is 16.0 Å². The van der Waals surface area contributed by atoms with Crippen LogP contribution in [0.25, 0.3) is 0 Å². The first-order chi connectivity index (χ1) is 7.75. The van der Waals surface area contributed by atoms with Crippen molar-refractivity contribution in [1.29, 1.82) is 0 Å². The molecule has 2 unspecified atom stereocenters. The second-order valence-corrected chi connectivity index (χ2v) is 4.90. The lowest BCUT2D eigenvalue weighted by atomic mass is 9.86. The maximum atomic E-state index is 4.36. The van der Waals surface area contributed by atoms with Crippen LogP contribution in [0.4, 0.5) is 0 Å². The van der Waals surface area contributed by atoms with E-state index in [0.717, 1.165) is 23.9 Å². The Morgan fingerprint density at radius 1 is 1.25 bits per heavy atom. The SMILES string of the molecule is Cc1cnc(CNC2CCCCC2C)cn1. The number of rotatable bonds is 3. The normalized spacial score (nSPS) is 25.6. The van der Waals surface area contributed by atoms with E-state index in [1.165, 1.54) is 25.7 Å². The molecule has 0 spiro atoms. The minimum Gasteiger partial charge on any atom is -0.308 e. The van der Waals surface area contributed by atoms with Crippen molar-refractivity contribution in [2.24, 2.45) is 5.92 Å². The van der Waals surface area contributed by atoms with E-state index in [1.807, 2.05) is 19.3 Å². The second-order valence-electron chi connectivity index (χ2n) is 4.90. The molecule has 0 bridgehead atoms. The molecule has 2 atom stereocenters. The van der Waals surface area contributed by atoms with Gasteiger partial charge < -0.3 is 5.32 Å². The third kappa shape index (κ3) is 3.01. The minimum atomic E-state index is 0.664. The molecule has 1 heterocycles. The quantitative estimate of drug-likeness (QED) is 0.848. The van der Waals surface area contributed by atoms with E-state index in [9.17, 15) is 0 Å². The zero-order valence-corrected chi connectivity index (χ0v) is 10.2. The Kier molecular flexibility index (Phi) is 3.88. The van der Waals surface area contributed by atoms with Crippen LogP contribution in [0.2, 0.25) is 0 Å². The number of aryl methyl sites for hydroxylation is 1. The van der Waals surface area contributed by atoms with Crippen LogP contribution >= 0.6 is 0 Å². The minimum absolute atomic E-state index is 0.664. The molecule has 1 aliphatic rings. The van der Waals surface area contributed by atoms with Gasteiger partial charge in [0.05, 0.1) is 11.4 Å². The number of hydrogen-bond donors (Lipinski definition) is 1. The first-order valence-electron chi connectivity index (χ1n) is 6.26.